The van der Waals surface area contributed by atoms with Crippen LogP contribution in [-0.4, -0.2) is 0 Å². The first-order valence-corrected chi connectivity index (χ1v) is 13.2. The first-order valence-electron chi connectivity index (χ1n) is 13.2. The second-order valence-electron chi connectivity index (χ2n) is 9.81. The van der Waals surface area contributed by atoms with Crippen LogP contribution < -0.4 is 0 Å². The number of benzene rings is 7. The second-order valence-corrected chi connectivity index (χ2v) is 9.81. The molecule has 0 bridgehead atoms. The van der Waals surface area contributed by atoms with Gasteiger partial charge in [-0.05, 0) is 78.2 Å². The maximum Gasteiger partial charge on any atom is 0.123 e. The van der Waals surface area contributed by atoms with E-state index in [2.05, 4.69) is 127 Å². The van der Waals surface area contributed by atoms with E-state index in [0.717, 1.165) is 32.7 Å². The van der Waals surface area contributed by atoms with Gasteiger partial charge in [-0.2, -0.15) is 0 Å². The molecule has 0 amide bonds. The van der Waals surface area contributed by atoms with E-state index < -0.39 is 0 Å². The van der Waals surface area contributed by atoms with E-state index in [0.29, 0.717) is 0 Å². The van der Waals surface area contributed by atoms with Crippen molar-refractivity contribution in [3.05, 3.63) is 157 Å². The fourth-order valence-corrected chi connectivity index (χ4v) is 5.89. The van der Waals surface area contributed by atoms with Crippen molar-refractivity contribution in [2.45, 2.75) is 0 Å². The summed E-state index contributed by atoms with van der Waals surface area (Å²) in [6, 6.07) is 51.8. The number of halogens is 1. The molecule has 0 aliphatic carbocycles. The van der Waals surface area contributed by atoms with Crippen LogP contribution in [0.4, 0.5) is 4.39 Å². The van der Waals surface area contributed by atoms with Gasteiger partial charge in [-0.3, -0.25) is 0 Å². The third-order valence-corrected chi connectivity index (χ3v) is 7.53. The first-order chi connectivity index (χ1) is 19.3. The van der Waals surface area contributed by atoms with E-state index in [4.69, 9.17) is 0 Å². The molecule has 0 saturated carbocycles. The van der Waals surface area contributed by atoms with Gasteiger partial charge in [-0.25, -0.2) is 4.39 Å². The van der Waals surface area contributed by atoms with Crippen molar-refractivity contribution in [2.75, 3.05) is 0 Å². The number of hydrogen-bond donors (Lipinski definition) is 0. The van der Waals surface area contributed by atoms with Crippen molar-refractivity contribution in [1.29, 1.82) is 0 Å². The summed E-state index contributed by atoms with van der Waals surface area (Å²) in [5.74, 6) is -0.231. The Morgan fingerprint density at radius 2 is 0.718 bits per heavy atom. The molecule has 0 atom stereocenters. The summed E-state index contributed by atoms with van der Waals surface area (Å²) >= 11 is 0. The SMILES string of the molecule is Fc1cccc(-c2c3ccccc3c(-c3c(-c4ccccc4)cccc3-c3ccccc3)c3ccccc23)c1. The molecule has 0 spiro atoms. The van der Waals surface area contributed by atoms with Crippen LogP contribution >= 0.6 is 0 Å². The maximum atomic E-state index is 14.5. The zero-order valence-electron chi connectivity index (χ0n) is 21.3. The first kappa shape index (κ1) is 23.1. The van der Waals surface area contributed by atoms with Gasteiger partial charge in [-0.15, -0.1) is 0 Å². The van der Waals surface area contributed by atoms with Crippen molar-refractivity contribution in [2.24, 2.45) is 0 Å². The lowest BCUT2D eigenvalue weighted by atomic mass is 9.81. The smallest absolute Gasteiger partial charge is 0.123 e. The quantitative estimate of drug-likeness (QED) is 0.211. The summed E-state index contributed by atoms with van der Waals surface area (Å²) in [5.41, 5.74) is 9.06. The second kappa shape index (κ2) is 9.70. The van der Waals surface area contributed by atoms with Crippen LogP contribution in [0.25, 0.3) is 66.1 Å². The standard InChI is InChI=1S/C38H25F/c39-29-18-11-17-28(25-29)36-32-19-7-9-21-34(32)38(35-22-10-8-20-33(35)36)37-30(26-13-3-1-4-14-26)23-12-24-31(37)27-15-5-2-6-16-27/h1-25H. The van der Waals surface area contributed by atoms with Crippen molar-refractivity contribution < 1.29 is 4.39 Å². The molecule has 1 heteroatoms. The van der Waals surface area contributed by atoms with Gasteiger partial charge in [0.2, 0.25) is 0 Å². The van der Waals surface area contributed by atoms with Crippen LogP contribution in [0.1, 0.15) is 0 Å². The van der Waals surface area contributed by atoms with Gasteiger partial charge in [0, 0.05) is 0 Å². The average Bonchev–Trinajstić information content (AvgIpc) is 3.00. The van der Waals surface area contributed by atoms with E-state index >= 15 is 0 Å². The van der Waals surface area contributed by atoms with Crippen LogP contribution in [0.3, 0.4) is 0 Å². The topological polar surface area (TPSA) is 0 Å². The van der Waals surface area contributed by atoms with Crippen molar-refractivity contribution in [3.8, 4) is 44.5 Å². The molecular weight excluding hydrogens is 475 g/mol. The Labute approximate surface area is 227 Å². The highest BCUT2D eigenvalue weighted by atomic mass is 19.1. The normalized spacial score (nSPS) is 11.2. The molecule has 0 saturated heterocycles. The highest BCUT2D eigenvalue weighted by Gasteiger charge is 2.21. The van der Waals surface area contributed by atoms with E-state index in [1.165, 1.54) is 39.4 Å². The lowest BCUT2D eigenvalue weighted by Gasteiger charge is -2.22. The fourth-order valence-electron chi connectivity index (χ4n) is 5.89. The molecule has 0 fully saturated rings. The molecule has 184 valence electrons. The molecule has 0 heterocycles. The Morgan fingerprint density at radius 1 is 0.308 bits per heavy atom. The van der Waals surface area contributed by atoms with Gasteiger partial charge in [0.05, 0.1) is 0 Å². The fraction of sp³-hybridized carbons (Fsp3) is 0. The predicted molar refractivity (Wildman–Crippen MR) is 163 cm³/mol. The van der Waals surface area contributed by atoms with Crippen molar-refractivity contribution in [3.63, 3.8) is 0 Å². The van der Waals surface area contributed by atoms with Crippen molar-refractivity contribution in [1.82, 2.24) is 0 Å². The van der Waals surface area contributed by atoms with Crippen LogP contribution in [-0.2, 0) is 0 Å². The van der Waals surface area contributed by atoms with Crippen LogP contribution in [0.15, 0.2) is 152 Å². The van der Waals surface area contributed by atoms with E-state index in [9.17, 15) is 4.39 Å². The minimum Gasteiger partial charge on any atom is -0.207 e. The summed E-state index contributed by atoms with van der Waals surface area (Å²) in [4.78, 5) is 0. The van der Waals surface area contributed by atoms with Gasteiger partial charge in [0.25, 0.3) is 0 Å². The summed E-state index contributed by atoms with van der Waals surface area (Å²) in [6.45, 7) is 0. The zero-order valence-corrected chi connectivity index (χ0v) is 21.3. The minimum absolute atomic E-state index is 0.231. The zero-order chi connectivity index (χ0) is 26.2. The van der Waals surface area contributed by atoms with Crippen LogP contribution in [0.2, 0.25) is 0 Å². The molecule has 7 rings (SSSR count). The lowest BCUT2D eigenvalue weighted by Crippen LogP contribution is -1.95. The molecule has 39 heavy (non-hydrogen) atoms. The van der Waals surface area contributed by atoms with Crippen LogP contribution in [0.5, 0.6) is 0 Å². The molecule has 0 aliphatic heterocycles. The third-order valence-electron chi connectivity index (χ3n) is 7.53. The Balaban J connectivity index is 1.69. The summed E-state index contributed by atoms with van der Waals surface area (Å²) in [6.07, 6.45) is 0. The molecule has 0 N–H and O–H groups in total. The molecule has 0 aromatic heterocycles. The summed E-state index contributed by atoms with van der Waals surface area (Å²) in [7, 11) is 0. The lowest BCUT2D eigenvalue weighted by molar-refractivity contribution is 0.628. The highest BCUT2D eigenvalue weighted by molar-refractivity contribution is 6.23. The molecule has 0 unspecified atom stereocenters. The van der Waals surface area contributed by atoms with Gasteiger partial charge < -0.3 is 0 Å². The van der Waals surface area contributed by atoms with Crippen LogP contribution in [0, 0.1) is 5.82 Å². The molecule has 7 aromatic carbocycles. The van der Waals surface area contributed by atoms with E-state index in [1.54, 1.807) is 12.1 Å². The predicted octanol–water partition coefficient (Wildman–Crippen LogP) is 10.8. The summed E-state index contributed by atoms with van der Waals surface area (Å²) < 4.78 is 14.5. The number of rotatable bonds is 4. The Kier molecular flexibility index (Phi) is 5.75. The Hall–Kier alpha value is -5.01. The van der Waals surface area contributed by atoms with Gasteiger partial charge >= 0.3 is 0 Å². The average molecular weight is 501 g/mol. The third kappa shape index (κ3) is 4.00. The molecule has 0 radical (unpaired) electrons. The Bertz CT molecular complexity index is 1840. The molecule has 0 nitrogen and oxygen atoms in total. The van der Waals surface area contributed by atoms with Gasteiger partial charge in [0.1, 0.15) is 5.82 Å². The van der Waals surface area contributed by atoms with E-state index in [-0.39, 0.29) is 5.82 Å². The van der Waals surface area contributed by atoms with Gasteiger partial charge in [0.15, 0.2) is 0 Å². The number of fused-ring (bicyclic) bond motifs is 2. The van der Waals surface area contributed by atoms with Gasteiger partial charge in [-0.1, -0.05) is 140 Å². The minimum atomic E-state index is -0.231. The molecule has 7 aromatic rings. The maximum absolute atomic E-state index is 14.5. The largest absolute Gasteiger partial charge is 0.207 e. The van der Waals surface area contributed by atoms with Crippen molar-refractivity contribution >= 4 is 21.5 Å². The molecule has 0 aliphatic rings. The monoisotopic (exact) mass is 500 g/mol. The highest BCUT2D eigenvalue weighted by Crippen LogP contribution is 2.49. The Morgan fingerprint density at radius 3 is 1.21 bits per heavy atom. The molecular formula is C38H25F. The number of hydrogen-bond acceptors (Lipinski definition) is 0. The summed E-state index contributed by atoms with van der Waals surface area (Å²) in [5, 5.41) is 4.52. The van der Waals surface area contributed by atoms with E-state index in [1.807, 2.05) is 6.07 Å².